The van der Waals surface area contributed by atoms with Gasteiger partial charge in [0.25, 0.3) is 5.91 Å². The number of benzene rings is 1. The lowest BCUT2D eigenvalue weighted by molar-refractivity contribution is 0.102. The molecule has 146 valence electrons. The molecule has 1 heterocycles. The minimum absolute atomic E-state index is 0.135. The van der Waals surface area contributed by atoms with Crippen molar-refractivity contribution in [1.82, 2.24) is 9.88 Å². The summed E-state index contributed by atoms with van der Waals surface area (Å²) in [6.45, 7) is 8.02. The van der Waals surface area contributed by atoms with Crippen LogP contribution in [-0.2, 0) is 0 Å². The van der Waals surface area contributed by atoms with Crippen LogP contribution in [0.5, 0.6) is 0 Å². The second kappa shape index (κ2) is 10.5. The molecule has 1 aromatic heterocycles. The van der Waals surface area contributed by atoms with E-state index in [4.69, 9.17) is 0 Å². The van der Waals surface area contributed by atoms with Crippen molar-refractivity contribution < 1.29 is 4.79 Å². The molecule has 0 aliphatic heterocycles. The van der Waals surface area contributed by atoms with Crippen LogP contribution in [0.15, 0.2) is 42.6 Å². The number of rotatable bonds is 10. The lowest BCUT2D eigenvalue weighted by atomic mass is 10.2. The van der Waals surface area contributed by atoms with Crippen molar-refractivity contribution in [3.05, 3.63) is 48.2 Å². The van der Waals surface area contributed by atoms with Crippen LogP contribution in [-0.4, -0.2) is 56.1 Å². The van der Waals surface area contributed by atoms with E-state index < -0.39 is 0 Å². The first-order valence-electron chi connectivity index (χ1n) is 9.54. The Morgan fingerprint density at radius 2 is 1.78 bits per heavy atom. The monoisotopic (exact) mass is 369 g/mol. The van der Waals surface area contributed by atoms with Gasteiger partial charge in [-0.3, -0.25) is 4.79 Å². The second-order valence-corrected chi connectivity index (χ2v) is 6.69. The minimum atomic E-state index is -0.135. The van der Waals surface area contributed by atoms with E-state index in [1.165, 1.54) is 0 Å². The largest absolute Gasteiger partial charge is 0.372 e. The number of aromatic nitrogens is 1. The van der Waals surface area contributed by atoms with Gasteiger partial charge >= 0.3 is 0 Å². The molecule has 27 heavy (non-hydrogen) atoms. The van der Waals surface area contributed by atoms with Crippen LogP contribution < -0.4 is 15.5 Å². The van der Waals surface area contributed by atoms with Gasteiger partial charge in [-0.15, -0.1) is 0 Å². The topological polar surface area (TPSA) is 60.5 Å². The average molecular weight is 370 g/mol. The van der Waals surface area contributed by atoms with E-state index >= 15 is 0 Å². The summed E-state index contributed by atoms with van der Waals surface area (Å²) < 4.78 is 0. The van der Waals surface area contributed by atoms with E-state index in [9.17, 15) is 4.79 Å². The number of carbonyl (C=O) groups excluding carboxylic acids is 1. The molecule has 2 rings (SSSR count). The van der Waals surface area contributed by atoms with E-state index in [1.807, 2.05) is 24.3 Å². The number of nitrogens with one attached hydrogen (secondary N) is 2. The van der Waals surface area contributed by atoms with Crippen molar-refractivity contribution in [2.75, 3.05) is 55.8 Å². The van der Waals surface area contributed by atoms with Gasteiger partial charge < -0.3 is 20.4 Å². The van der Waals surface area contributed by atoms with Crippen molar-refractivity contribution in [3.63, 3.8) is 0 Å². The summed E-state index contributed by atoms with van der Waals surface area (Å²) in [5, 5.41) is 6.22. The molecule has 0 bridgehead atoms. The molecule has 0 spiro atoms. The van der Waals surface area contributed by atoms with Crippen LogP contribution in [0.4, 0.5) is 17.2 Å². The lowest BCUT2D eigenvalue weighted by Gasteiger charge is -2.21. The molecule has 0 unspecified atom stereocenters. The molecule has 2 N–H and O–H groups in total. The van der Waals surface area contributed by atoms with Gasteiger partial charge in [0.1, 0.15) is 5.82 Å². The fourth-order valence-corrected chi connectivity index (χ4v) is 2.83. The van der Waals surface area contributed by atoms with Crippen LogP contribution in [0.3, 0.4) is 0 Å². The number of anilines is 3. The Morgan fingerprint density at radius 1 is 1.07 bits per heavy atom. The van der Waals surface area contributed by atoms with Gasteiger partial charge in [0, 0.05) is 42.8 Å². The smallest absolute Gasteiger partial charge is 0.255 e. The molecule has 1 amide bonds. The van der Waals surface area contributed by atoms with Crippen molar-refractivity contribution >= 4 is 23.1 Å². The number of nitrogens with zero attached hydrogens (tertiary/aromatic N) is 3. The van der Waals surface area contributed by atoms with Gasteiger partial charge in [0.2, 0.25) is 0 Å². The first-order chi connectivity index (χ1) is 13.0. The van der Waals surface area contributed by atoms with Gasteiger partial charge in [0.05, 0.1) is 0 Å². The summed E-state index contributed by atoms with van der Waals surface area (Å²) in [4.78, 5) is 21.2. The molecule has 0 radical (unpaired) electrons. The summed E-state index contributed by atoms with van der Waals surface area (Å²) >= 11 is 0. The van der Waals surface area contributed by atoms with E-state index in [-0.39, 0.29) is 5.91 Å². The van der Waals surface area contributed by atoms with Gasteiger partial charge in [-0.1, -0.05) is 0 Å². The molecule has 0 saturated carbocycles. The number of hydrogen-bond acceptors (Lipinski definition) is 5. The Hall–Kier alpha value is -2.60. The zero-order valence-corrected chi connectivity index (χ0v) is 16.8. The van der Waals surface area contributed by atoms with Crippen LogP contribution in [0, 0.1) is 0 Å². The first kappa shape index (κ1) is 20.7. The molecular weight excluding hydrogens is 338 g/mol. The van der Waals surface area contributed by atoms with Crippen molar-refractivity contribution in [2.45, 2.75) is 20.3 Å². The summed E-state index contributed by atoms with van der Waals surface area (Å²) in [5.41, 5.74) is 2.53. The minimum Gasteiger partial charge on any atom is -0.372 e. The quantitative estimate of drug-likeness (QED) is 0.627. The third-order valence-electron chi connectivity index (χ3n) is 4.36. The zero-order chi connectivity index (χ0) is 19.6. The number of hydrogen-bond donors (Lipinski definition) is 2. The van der Waals surface area contributed by atoms with Crippen LogP contribution in [0.2, 0.25) is 0 Å². The fourth-order valence-electron chi connectivity index (χ4n) is 2.83. The third-order valence-corrected chi connectivity index (χ3v) is 4.36. The molecule has 2 aromatic rings. The molecule has 6 heteroatoms. The van der Waals surface area contributed by atoms with Crippen molar-refractivity contribution in [2.24, 2.45) is 0 Å². The summed E-state index contributed by atoms with van der Waals surface area (Å²) in [6.07, 6.45) is 2.68. The summed E-state index contributed by atoms with van der Waals surface area (Å²) in [7, 11) is 4.11. The molecule has 1 aromatic carbocycles. The van der Waals surface area contributed by atoms with Gasteiger partial charge in [-0.2, -0.15) is 0 Å². The summed E-state index contributed by atoms with van der Waals surface area (Å²) in [5.74, 6) is 0.586. The van der Waals surface area contributed by atoms with E-state index in [2.05, 4.69) is 53.4 Å². The molecule has 0 fully saturated rings. The second-order valence-electron chi connectivity index (χ2n) is 6.69. The van der Waals surface area contributed by atoms with Crippen molar-refractivity contribution in [3.8, 4) is 0 Å². The van der Waals surface area contributed by atoms with Gasteiger partial charge in [-0.05, 0) is 77.3 Å². The highest BCUT2D eigenvalue weighted by Gasteiger charge is 2.08. The Labute approximate surface area is 162 Å². The lowest BCUT2D eigenvalue weighted by Crippen LogP contribution is -2.21. The Balaban J connectivity index is 1.94. The fraction of sp³-hybridized carbons (Fsp3) is 0.429. The number of amides is 1. The van der Waals surface area contributed by atoms with Crippen LogP contribution >= 0.6 is 0 Å². The Kier molecular flexibility index (Phi) is 8.07. The third kappa shape index (κ3) is 6.57. The first-order valence-corrected chi connectivity index (χ1v) is 9.54. The molecular formula is C21H31N5O. The SMILES string of the molecule is CCN(CC)c1ccc(NC(=O)c2ccnc(NCCCN(C)C)c2)cc1. The van der Waals surface area contributed by atoms with Crippen molar-refractivity contribution in [1.29, 1.82) is 0 Å². The number of pyridine rings is 1. The maximum absolute atomic E-state index is 12.5. The van der Waals surface area contributed by atoms with E-state index in [1.54, 1.807) is 18.3 Å². The zero-order valence-electron chi connectivity index (χ0n) is 16.8. The normalized spacial score (nSPS) is 10.7. The molecule has 0 aliphatic carbocycles. The van der Waals surface area contributed by atoms with Gasteiger partial charge in [0.15, 0.2) is 0 Å². The molecule has 0 atom stereocenters. The predicted molar refractivity (Wildman–Crippen MR) is 114 cm³/mol. The maximum Gasteiger partial charge on any atom is 0.255 e. The summed E-state index contributed by atoms with van der Waals surface area (Å²) in [6, 6.07) is 11.5. The standard InChI is InChI=1S/C21H31N5O/c1-5-26(6-2)19-10-8-18(9-11-19)24-21(27)17-12-14-23-20(16-17)22-13-7-15-25(3)4/h8-12,14,16H,5-7,13,15H2,1-4H3,(H,22,23)(H,24,27). The van der Waals surface area contributed by atoms with E-state index in [0.29, 0.717) is 5.56 Å². The Bertz CT molecular complexity index is 711. The highest BCUT2D eigenvalue weighted by atomic mass is 16.1. The van der Waals surface area contributed by atoms with Crippen LogP contribution in [0.1, 0.15) is 30.6 Å². The predicted octanol–water partition coefficient (Wildman–Crippen LogP) is 3.54. The Morgan fingerprint density at radius 3 is 2.41 bits per heavy atom. The van der Waals surface area contributed by atoms with Crippen LogP contribution in [0.25, 0.3) is 0 Å². The van der Waals surface area contributed by atoms with Gasteiger partial charge in [-0.25, -0.2) is 4.98 Å². The molecule has 0 saturated heterocycles. The molecule has 6 nitrogen and oxygen atoms in total. The maximum atomic E-state index is 12.5. The average Bonchev–Trinajstić information content (AvgIpc) is 2.67. The highest BCUT2D eigenvalue weighted by Crippen LogP contribution is 2.18. The highest BCUT2D eigenvalue weighted by molar-refractivity contribution is 6.04. The molecule has 0 aliphatic rings. The number of carbonyl (C=O) groups is 1. The van der Waals surface area contributed by atoms with E-state index in [0.717, 1.165) is 49.8 Å².